The number of piperazine rings is 1. The number of benzene rings is 2. The summed E-state index contributed by atoms with van der Waals surface area (Å²) >= 11 is 0. The topological polar surface area (TPSA) is 135 Å². The van der Waals surface area contributed by atoms with Gasteiger partial charge in [0.05, 0.1) is 11.1 Å². The largest absolute Gasteiger partial charge is 0.483 e. The summed E-state index contributed by atoms with van der Waals surface area (Å²) in [4.78, 5) is 73.4. The minimum absolute atomic E-state index is 0.0196. The fraction of sp³-hybridized carbons (Fsp3) is 0.533. The molecule has 0 bridgehead atoms. The van der Waals surface area contributed by atoms with Crippen molar-refractivity contribution in [2.45, 2.75) is 77.9 Å². The maximum atomic E-state index is 14.6. The number of likely N-dealkylation sites (tertiary alicyclic amines) is 1. The quantitative estimate of drug-likeness (QED) is 0.137. The van der Waals surface area contributed by atoms with Crippen LogP contribution < -0.4 is 15.4 Å². The van der Waals surface area contributed by atoms with Gasteiger partial charge in [0.1, 0.15) is 17.6 Å². The molecule has 2 aromatic rings. The van der Waals surface area contributed by atoms with Crippen LogP contribution in [0.1, 0.15) is 84.2 Å². The van der Waals surface area contributed by atoms with E-state index in [-0.39, 0.29) is 48.0 Å². The molecule has 0 aliphatic carbocycles. The van der Waals surface area contributed by atoms with Crippen LogP contribution in [-0.2, 0) is 20.9 Å². The molecule has 4 aliphatic rings. The van der Waals surface area contributed by atoms with Gasteiger partial charge >= 0.3 is 0 Å². The third-order valence-electron chi connectivity index (χ3n) is 12.3. The van der Waals surface area contributed by atoms with Crippen LogP contribution in [0.5, 0.6) is 5.75 Å². The van der Waals surface area contributed by atoms with Crippen LogP contribution in [0, 0.1) is 18.7 Å². The normalized spacial score (nSPS) is 22.1. The lowest BCUT2D eigenvalue weighted by Crippen LogP contribution is -2.54. The van der Waals surface area contributed by atoms with Gasteiger partial charge in [-0.2, -0.15) is 0 Å². The van der Waals surface area contributed by atoms with E-state index in [0.717, 1.165) is 87.5 Å². The molecule has 1 unspecified atom stereocenters. The van der Waals surface area contributed by atoms with Crippen molar-refractivity contribution in [3.8, 4) is 5.75 Å². The van der Waals surface area contributed by atoms with Crippen LogP contribution in [0.4, 0.5) is 4.39 Å². The van der Waals surface area contributed by atoms with Crippen LogP contribution >= 0.6 is 0 Å². The number of nitrogens with zero attached hydrogens (tertiary/aromatic N) is 5. The summed E-state index contributed by atoms with van der Waals surface area (Å²) in [6, 6.07) is 9.20. The average Bonchev–Trinajstić information content (AvgIpc) is 3.76. The third-order valence-corrected chi connectivity index (χ3v) is 12.3. The fourth-order valence-electron chi connectivity index (χ4n) is 8.70. The van der Waals surface area contributed by atoms with Gasteiger partial charge in [-0.1, -0.05) is 42.7 Å². The molecule has 6 rings (SSSR count). The lowest BCUT2D eigenvalue weighted by molar-refractivity contribution is -0.136. The summed E-state index contributed by atoms with van der Waals surface area (Å²) in [5, 5.41) is 5.05. The van der Waals surface area contributed by atoms with E-state index in [0.29, 0.717) is 25.0 Å². The van der Waals surface area contributed by atoms with Gasteiger partial charge in [0.25, 0.3) is 17.7 Å². The molecular weight excluding hydrogens is 754 g/mol. The molecule has 13 nitrogen and oxygen atoms in total. The third kappa shape index (κ3) is 10.6. The number of aryl methyl sites for hydroxylation is 1. The first kappa shape index (κ1) is 43.7. The van der Waals surface area contributed by atoms with E-state index in [1.807, 2.05) is 13.0 Å². The van der Waals surface area contributed by atoms with Crippen molar-refractivity contribution in [1.29, 1.82) is 0 Å². The van der Waals surface area contributed by atoms with Crippen LogP contribution in [0.15, 0.2) is 59.8 Å². The van der Waals surface area contributed by atoms with Gasteiger partial charge < -0.3 is 19.9 Å². The molecule has 3 fully saturated rings. The number of carbonyl (C=O) groups excluding carboxylic acids is 5. The maximum Gasteiger partial charge on any atom is 0.266 e. The fourth-order valence-corrected chi connectivity index (χ4v) is 8.70. The molecule has 318 valence electrons. The van der Waals surface area contributed by atoms with Crippen LogP contribution in [0.25, 0.3) is 0 Å². The Labute approximate surface area is 347 Å². The molecule has 3 saturated heterocycles. The number of likely N-dealkylation sites (N-methyl/N-ethyl adjacent to an activating group) is 1. The molecule has 59 heavy (non-hydrogen) atoms. The summed E-state index contributed by atoms with van der Waals surface area (Å²) in [5.41, 5.74) is 4.56. The summed E-state index contributed by atoms with van der Waals surface area (Å²) < 4.78 is 20.3. The first-order valence-corrected chi connectivity index (χ1v) is 21.0. The summed E-state index contributed by atoms with van der Waals surface area (Å²) in [7, 11) is 4.28. The predicted molar refractivity (Wildman–Crippen MR) is 223 cm³/mol. The Morgan fingerprint density at radius 1 is 0.932 bits per heavy atom. The van der Waals surface area contributed by atoms with Gasteiger partial charge in [-0.3, -0.25) is 44.0 Å². The predicted octanol–water partition coefficient (Wildman–Crippen LogP) is 4.12. The van der Waals surface area contributed by atoms with E-state index in [4.69, 9.17) is 4.74 Å². The van der Waals surface area contributed by atoms with Crippen molar-refractivity contribution in [1.82, 2.24) is 35.1 Å². The van der Waals surface area contributed by atoms with Crippen molar-refractivity contribution in [2.75, 3.05) is 73.1 Å². The highest BCUT2D eigenvalue weighted by Gasteiger charge is 2.46. The van der Waals surface area contributed by atoms with Crippen LogP contribution in [-0.4, -0.2) is 139 Å². The molecule has 3 atom stereocenters. The van der Waals surface area contributed by atoms with Gasteiger partial charge in [0.15, 0.2) is 6.61 Å². The van der Waals surface area contributed by atoms with Crippen LogP contribution in [0.3, 0.4) is 0 Å². The Bertz CT molecular complexity index is 1940. The molecule has 0 saturated carbocycles. The van der Waals surface area contributed by atoms with Gasteiger partial charge in [0, 0.05) is 82.0 Å². The molecule has 2 aromatic carbocycles. The number of fused-ring (bicyclic) bond motifs is 1. The van der Waals surface area contributed by atoms with Gasteiger partial charge in [0.2, 0.25) is 11.8 Å². The van der Waals surface area contributed by atoms with E-state index in [2.05, 4.69) is 70.3 Å². The second-order valence-electron chi connectivity index (χ2n) is 16.6. The van der Waals surface area contributed by atoms with Crippen molar-refractivity contribution in [2.24, 2.45) is 5.92 Å². The monoisotopic (exact) mass is 813 g/mol. The number of nitrogens with one attached hydrogen (secondary N) is 2. The maximum absolute atomic E-state index is 14.6. The number of carbonyl (C=O) groups is 5. The number of imide groups is 2. The number of piperidine rings is 1. The molecular formula is C45H60FN7O6. The number of hydrogen-bond acceptors (Lipinski definition) is 10. The van der Waals surface area contributed by atoms with E-state index < -0.39 is 29.7 Å². The van der Waals surface area contributed by atoms with Gasteiger partial charge in [-0.05, 0) is 90.5 Å². The van der Waals surface area contributed by atoms with E-state index in [9.17, 15) is 28.4 Å². The van der Waals surface area contributed by atoms with Crippen molar-refractivity contribution in [3.05, 3.63) is 87.9 Å². The van der Waals surface area contributed by atoms with Crippen molar-refractivity contribution in [3.63, 3.8) is 0 Å². The smallest absolute Gasteiger partial charge is 0.266 e. The highest BCUT2D eigenvalue weighted by molar-refractivity contribution is 6.24. The number of unbranched alkanes of at least 4 members (excludes halogenated alkanes) is 3. The highest BCUT2D eigenvalue weighted by atomic mass is 19.1. The number of amides is 5. The first-order chi connectivity index (χ1) is 28.3. The number of ether oxygens (including phenoxy) is 1. The second-order valence-corrected chi connectivity index (χ2v) is 16.6. The molecule has 0 radical (unpaired) electrons. The number of halogens is 1. The molecule has 4 heterocycles. The molecule has 5 amide bonds. The second kappa shape index (κ2) is 19.9. The molecule has 4 aliphatic heterocycles. The minimum atomic E-state index is -1.07. The molecule has 2 N–H and O–H groups in total. The Morgan fingerprint density at radius 2 is 1.68 bits per heavy atom. The van der Waals surface area contributed by atoms with Gasteiger partial charge in [-0.15, -0.1) is 0 Å². The number of rotatable bonds is 17. The van der Waals surface area contributed by atoms with Crippen molar-refractivity contribution >= 4 is 29.5 Å². The van der Waals surface area contributed by atoms with E-state index in [1.165, 1.54) is 23.4 Å². The average molecular weight is 814 g/mol. The zero-order chi connectivity index (χ0) is 42.2. The van der Waals surface area contributed by atoms with E-state index >= 15 is 0 Å². The SMILES string of the molecule is C/C(=C\C=C(/C)N1CCN(CCCCCCNC(=O)COc2cccc3c2C(=O)N(C2CCC(=O)NC2=O)C3=O)CC1)[C@H]1CN(Cc2c(C)cccc2F)C[C@@H]1N(C)C. The first-order valence-electron chi connectivity index (χ1n) is 21.0. The summed E-state index contributed by atoms with van der Waals surface area (Å²) in [5.74, 6) is -2.39. The molecule has 0 spiro atoms. The Kier molecular flexibility index (Phi) is 14.7. The van der Waals surface area contributed by atoms with Gasteiger partial charge in [-0.25, -0.2) is 4.39 Å². The molecule has 14 heteroatoms. The minimum Gasteiger partial charge on any atom is -0.483 e. The van der Waals surface area contributed by atoms with Crippen LogP contribution in [0.2, 0.25) is 0 Å². The van der Waals surface area contributed by atoms with E-state index in [1.54, 1.807) is 18.2 Å². The zero-order valence-corrected chi connectivity index (χ0v) is 35.2. The summed E-state index contributed by atoms with van der Waals surface area (Å²) in [6.45, 7) is 14.2. The lowest BCUT2D eigenvalue weighted by Gasteiger charge is -2.36. The Hall–Kier alpha value is -4.92. The Morgan fingerprint density at radius 3 is 2.41 bits per heavy atom. The lowest BCUT2D eigenvalue weighted by atomic mass is 9.94. The molecule has 0 aromatic heterocycles. The number of hydrogen-bond donors (Lipinski definition) is 2. The standard InChI is InChI=1S/C45H60FN7O6/c1-30-12-10-14-36(46)34(30)26-51-27-35(38(28-51)49(4)5)31(2)16-17-32(3)52-24-22-50(23-25-52)21-9-7-6-8-20-47-41(55)29-59-39-15-11-13-33-42(39)45(58)53(44(33)57)37-18-19-40(54)48-43(37)56/h10-17,35,37-38H,6-9,18-29H2,1-5H3,(H,47,55)(H,48,54,56)/b31-16+,32-17+/t35-,37?,38+/m1/s1. The highest BCUT2D eigenvalue weighted by Crippen LogP contribution is 2.34. The number of allylic oxidation sites excluding steroid dienone is 3. The Balaban J connectivity index is 0.853. The zero-order valence-electron chi connectivity index (χ0n) is 35.2. The van der Waals surface area contributed by atoms with Crippen molar-refractivity contribution < 1.29 is 33.1 Å². The summed E-state index contributed by atoms with van der Waals surface area (Å²) in [6.07, 6.45) is 8.63.